The van der Waals surface area contributed by atoms with E-state index < -0.39 is 0 Å². The van der Waals surface area contributed by atoms with Crippen LogP contribution in [0.4, 0.5) is 0 Å². The molecule has 17 heavy (non-hydrogen) atoms. The van der Waals surface area contributed by atoms with Gasteiger partial charge in [-0.1, -0.05) is 0 Å². The normalized spacial score (nSPS) is 13.3. The minimum atomic E-state index is -0.315. The number of fused-ring (bicyclic) bond motifs is 3. The lowest BCUT2D eigenvalue weighted by Crippen LogP contribution is -2.13. The molecule has 0 aromatic carbocycles. The average molecular weight is 247 g/mol. The van der Waals surface area contributed by atoms with Crippen molar-refractivity contribution in [2.45, 2.75) is 19.8 Å². The summed E-state index contributed by atoms with van der Waals surface area (Å²) in [5.74, 6) is -0.315. The summed E-state index contributed by atoms with van der Waals surface area (Å²) in [6, 6.07) is 0. The van der Waals surface area contributed by atoms with Gasteiger partial charge in [0.15, 0.2) is 0 Å². The Kier molecular flexibility index (Phi) is 2.13. The van der Waals surface area contributed by atoms with E-state index in [0.29, 0.717) is 4.88 Å². The topological polar surface area (TPSA) is 60.9 Å². The van der Waals surface area contributed by atoms with Gasteiger partial charge in [-0.3, -0.25) is 9.48 Å². The summed E-state index contributed by atoms with van der Waals surface area (Å²) < 4.78 is 1.89. The van der Waals surface area contributed by atoms with Crippen LogP contribution < -0.4 is 5.73 Å². The largest absolute Gasteiger partial charge is 0.365 e. The van der Waals surface area contributed by atoms with E-state index in [-0.39, 0.29) is 5.91 Å². The van der Waals surface area contributed by atoms with Gasteiger partial charge in [-0.05, 0) is 30.9 Å². The van der Waals surface area contributed by atoms with Gasteiger partial charge < -0.3 is 5.73 Å². The average Bonchev–Trinajstić information content (AvgIpc) is 2.81. The zero-order valence-corrected chi connectivity index (χ0v) is 10.6. The van der Waals surface area contributed by atoms with Crippen molar-refractivity contribution >= 4 is 17.2 Å². The van der Waals surface area contributed by atoms with Crippen molar-refractivity contribution in [2.24, 2.45) is 12.8 Å². The summed E-state index contributed by atoms with van der Waals surface area (Å²) in [5.41, 5.74) is 10.1. The van der Waals surface area contributed by atoms with Crippen LogP contribution in [0.5, 0.6) is 0 Å². The molecule has 1 amide bonds. The first kappa shape index (κ1) is 10.5. The van der Waals surface area contributed by atoms with Crippen molar-refractivity contribution in [3.05, 3.63) is 27.1 Å². The van der Waals surface area contributed by atoms with Gasteiger partial charge in [0.2, 0.25) is 0 Å². The lowest BCUT2D eigenvalue weighted by atomic mass is 9.90. The lowest BCUT2D eigenvalue weighted by Gasteiger charge is -2.15. The van der Waals surface area contributed by atoms with Gasteiger partial charge in [-0.2, -0.15) is 5.10 Å². The SMILES string of the molecule is Cc1sc(C(N)=O)c2c1-c1c(cnn1C)CC2. The van der Waals surface area contributed by atoms with Crippen molar-refractivity contribution in [3.8, 4) is 11.3 Å². The second kappa shape index (κ2) is 3.43. The fourth-order valence-electron chi connectivity index (χ4n) is 2.59. The summed E-state index contributed by atoms with van der Waals surface area (Å²) in [6.07, 6.45) is 3.74. The quantitative estimate of drug-likeness (QED) is 0.833. The Bertz CT molecular complexity index is 624. The molecule has 2 N–H and O–H groups in total. The smallest absolute Gasteiger partial charge is 0.259 e. The van der Waals surface area contributed by atoms with Gasteiger partial charge in [-0.25, -0.2) is 0 Å². The first-order valence-electron chi connectivity index (χ1n) is 5.53. The number of carbonyl (C=O) groups is 1. The molecule has 3 rings (SSSR count). The zero-order valence-electron chi connectivity index (χ0n) is 9.78. The van der Waals surface area contributed by atoms with Crippen molar-refractivity contribution in [1.29, 1.82) is 0 Å². The predicted octanol–water partition coefficient (Wildman–Crippen LogP) is 1.65. The number of aryl methyl sites for hydroxylation is 3. The van der Waals surface area contributed by atoms with E-state index in [9.17, 15) is 4.79 Å². The van der Waals surface area contributed by atoms with Crippen LogP contribution in [-0.4, -0.2) is 15.7 Å². The van der Waals surface area contributed by atoms with Gasteiger partial charge in [0.05, 0.1) is 16.8 Å². The predicted molar refractivity (Wildman–Crippen MR) is 67.2 cm³/mol. The lowest BCUT2D eigenvalue weighted by molar-refractivity contribution is 0.100. The fourth-order valence-corrected chi connectivity index (χ4v) is 3.64. The molecule has 0 spiro atoms. The van der Waals surface area contributed by atoms with Crippen LogP contribution in [0.3, 0.4) is 0 Å². The number of rotatable bonds is 1. The number of hydrogen-bond acceptors (Lipinski definition) is 3. The summed E-state index contributed by atoms with van der Waals surface area (Å²) in [6.45, 7) is 2.04. The summed E-state index contributed by atoms with van der Waals surface area (Å²) >= 11 is 1.50. The van der Waals surface area contributed by atoms with E-state index in [1.807, 2.05) is 24.9 Å². The number of thiophene rings is 1. The third-order valence-corrected chi connectivity index (χ3v) is 4.46. The van der Waals surface area contributed by atoms with Crippen molar-refractivity contribution in [2.75, 3.05) is 0 Å². The molecular weight excluding hydrogens is 234 g/mol. The Balaban J connectivity index is 2.33. The first-order valence-corrected chi connectivity index (χ1v) is 6.34. The highest BCUT2D eigenvalue weighted by atomic mass is 32.1. The molecule has 0 saturated heterocycles. The second-order valence-corrected chi connectivity index (χ2v) is 5.57. The van der Waals surface area contributed by atoms with Crippen LogP contribution >= 0.6 is 11.3 Å². The summed E-state index contributed by atoms with van der Waals surface area (Å²) in [4.78, 5) is 13.3. The maximum absolute atomic E-state index is 11.4. The van der Waals surface area contributed by atoms with Gasteiger partial charge in [-0.15, -0.1) is 11.3 Å². The molecular formula is C12H13N3OS. The molecule has 2 aromatic rings. The Morgan fingerprint density at radius 2 is 2.29 bits per heavy atom. The third kappa shape index (κ3) is 1.35. The van der Waals surface area contributed by atoms with E-state index in [0.717, 1.165) is 29.0 Å². The highest BCUT2D eigenvalue weighted by Crippen LogP contribution is 2.41. The summed E-state index contributed by atoms with van der Waals surface area (Å²) in [5, 5.41) is 4.30. The van der Waals surface area contributed by atoms with E-state index in [1.165, 1.54) is 22.5 Å². The number of primary amides is 1. The van der Waals surface area contributed by atoms with Crippen LogP contribution in [0.25, 0.3) is 11.3 Å². The van der Waals surface area contributed by atoms with Crippen molar-refractivity contribution in [3.63, 3.8) is 0 Å². The van der Waals surface area contributed by atoms with Gasteiger partial charge >= 0.3 is 0 Å². The molecule has 2 heterocycles. The second-order valence-electron chi connectivity index (χ2n) is 4.35. The van der Waals surface area contributed by atoms with Gasteiger partial charge in [0, 0.05) is 17.5 Å². The zero-order chi connectivity index (χ0) is 12.2. The first-order chi connectivity index (χ1) is 8.09. The fraction of sp³-hybridized carbons (Fsp3) is 0.333. The molecule has 0 fully saturated rings. The molecule has 0 radical (unpaired) electrons. The van der Waals surface area contributed by atoms with Crippen LogP contribution in [0.1, 0.15) is 25.7 Å². The molecule has 5 heteroatoms. The molecule has 0 atom stereocenters. The van der Waals surface area contributed by atoms with Crippen LogP contribution in [0.2, 0.25) is 0 Å². The molecule has 1 aliphatic carbocycles. The van der Waals surface area contributed by atoms with Crippen molar-refractivity contribution in [1.82, 2.24) is 9.78 Å². The number of hydrogen-bond donors (Lipinski definition) is 1. The molecule has 88 valence electrons. The highest BCUT2D eigenvalue weighted by molar-refractivity contribution is 7.14. The molecule has 0 unspecified atom stereocenters. The van der Waals surface area contributed by atoms with E-state index in [2.05, 4.69) is 5.10 Å². The van der Waals surface area contributed by atoms with Crippen molar-refractivity contribution < 1.29 is 4.79 Å². The molecule has 0 bridgehead atoms. The minimum Gasteiger partial charge on any atom is -0.365 e. The number of nitrogens with two attached hydrogens (primary N) is 1. The Morgan fingerprint density at radius 1 is 1.53 bits per heavy atom. The Morgan fingerprint density at radius 3 is 3.00 bits per heavy atom. The minimum absolute atomic E-state index is 0.315. The van der Waals surface area contributed by atoms with E-state index in [1.54, 1.807) is 0 Å². The Hall–Kier alpha value is -1.62. The maximum Gasteiger partial charge on any atom is 0.259 e. The Labute approximate surface area is 103 Å². The van der Waals surface area contributed by atoms with E-state index in [4.69, 9.17) is 5.73 Å². The molecule has 4 nitrogen and oxygen atoms in total. The van der Waals surface area contributed by atoms with Crippen LogP contribution in [0.15, 0.2) is 6.20 Å². The summed E-state index contributed by atoms with van der Waals surface area (Å²) in [7, 11) is 1.94. The maximum atomic E-state index is 11.4. The van der Waals surface area contributed by atoms with Crippen LogP contribution in [-0.2, 0) is 19.9 Å². The van der Waals surface area contributed by atoms with E-state index >= 15 is 0 Å². The molecule has 0 saturated carbocycles. The molecule has 1 aliphatic rings. The number of nitrogens with zero attached hydrogens (tertiary/aromatic N) is 2. The highest BCUT2D eigenvalue weighted by Gasteiger charge is 2.27. The number of amides is 1. The third-order valence-electron chi connectivity index (χ3n) is 3.30. The molecule has 2 aromatic heterocycles. The monoisotopic (exact) mass is 247 g/mol. The standard InChI is InChI=1S/C12H13N3OS/c1-6-9-8(11(17-6)12(13)16)4-3-7-5-14-15(2)10(7)9/h5H,3-4H2,1-2H3,(H2,13,16). The van der Waals surface area contributed by atoms with Crippen LogP contribution in [0, 0.1) is 6.92 Å². The number of carbonyl (C=O) groups excluding carboxylic acids is 1. The number of aromatic nitrogens is 2. The van der Waals surface area contributed by atoms with Gasteiger partial charge in [0.1, 0.15) is 0 Å². The van der Waals surface area contributed by atoms with Gasteiger partial charge in [0.25, 0.3) is 5.91 Å². The molecule has 0 aliphatic heterocycles.